The Hall–Kier alpha value is -1.24. The Morgan fingerprint density at radius 2 is 2.33 bits per heavy atom. The highest BCUT2D eigenvalue weighted by Crippen LogP contribution is 2.21. The van der Waals surface area contributed by atoms with Crippen molar-refractivity contribution in [2.24, 2.45) is 5.84 Å². The predicted molar refractivity (Wildman–Crippen MR) is 48.6 cm³/mol. The molecule has 1 aromatic carbocycles. The number of nitrogens with zero attached hydrogens (tertiary/aromatic N) is 1. The van der Waals surface area contributed by atoms with Crippen molar-refractivity contribution in [3.8, 4) is 6.07 Å². The molecule has 0 aliphatic heterocycles. The first kappa shape index (κ1) is 8.85. The number of nitrogen functional groups attached to an aromatic ring is 1. The lowest BCUT2D eigenvalue weighted by atomic mass is 10.1. The van der Waals surface area contributed by atoms with E-state index in [1.54, 1.807) is 18.2 Å². The summed E-state index contributed by atoms with van der Waals surface area (Å²) in [6.07, 6.45) is 0.367. The van der Waals surface area contributed by atoms with Gasteiger partial charge in [0.1, 0.15) is 0 Å². The van der Waals surface area contributed by atoms with Gasteiger partial charge < -0.3 is 5.43 Å². The molecule has 0 spiro atoms. The smallest absolute Gasteiger partial charge is 0.0675 e. The fraction of sp³-hybridized carbons (Fsp3) is 0.125. The van der Waals surface area contributed by atoms with Crippen LogP contribution >= 0.6 is 11.6 Å². The first-order valence-electron chi connectivity index (χ1n) is 3.40. The second kappa shape index (κ2) is 3.96. The van der Waals surface area contributed by atoms with E-state index in [-0.39, 0.29) is 0 Å². The van der Waals surface area contributed by atoms with E-state index in [9.17, 15) is 0 Å². The molecule has 0 saturated heterocycles. The summed E-state index contributed by atoms with van der Waals surface area (Å²) in [4.78, 5) is 0. The molecule has 62 valence electrons. The van der Waals surface area contributed by atoms with E-state index in [0.29, 0.717) is 17.1 Å². The van der Waals surface area contributed by atoms with Gasteiger partial charge in [0.25, 0.3) is 0 Å². The van der Waals surface area contributed by atoms with Crippen molar-refractivity contribution in [3.63, 3.8) is 0 Å². The zero-order valence-corrected chi connectivity index (χ0v) is 7.10. The zero-order chi connectivity index (χ0) is 8.97. The van der Waals surface area contributed by atoms with E-state index >= 15 is 0 Å². The molecule has 0 fully saturated rings. The summed E-state index contributed by atoms with van der Waals surface area (Å²) in [5.41, 5.74) is 3.99. The van der Waals surface area contributed by atoms with Crippen LogP contribution in [0.1, 0.15) is 5.56 Å². The largest absolute Gasteiger partial charge is 0.323 e. The SMILES string of the molecule is N#CCc1ccc(Cl)c(NN)c1. The molecule has 1 aromatic rings. The number of nitriles is 1. The van der Waals surface area contributed by atoms with Crippen LogP contribution in [0.4, 0.5) is 5.69 Å². The van der Waals surface area contributed by atoms with Crippen LogP contribution in [0.3, 0.4) is 0 Å². The average molecular weight is 182 g/mol. The quantitative estimate of drug-likeness (QED) is 0.539. The van der Waals surface area contributed by atoms with Crippen molar-refractivity contribution in [2.75, 3.05) is 5.43 Å². The normalized spacial score (nSPS) is 9.08. The predicted octanol–water partition coefficient (Wildman–Crippen LogP) is 1.69. The summed E-state index contributed by atoms with van der Waals surface area (Å²) in [6.45, 7) is 0. The molecule has 0 saturated carbocycles. The molecule has 0 heterocycles. The highest BCUT2D eigenvalue weighted by molar-refractivity contribution is 6.33. The number of benzene rings is 1. The number of hydrogen-bond donors (Lipinski definition) is 2. The monoisotopic (exact) mass is 181 g/mol. The van der Waals surface area contributed by atoms with Crippen molar-refractivity contribution in [1.82, 2.24) is 0 Å². The van der Waals surface area contributed by atoms with Gasteiger partial charge in [-0.05, 0) is 17.7 Å². The van der Waals surface area contributed by atoms with Gasteiger partial charge in [0.05, 0.1) is 23.2 Å². The molecular formula is C8H8ClN3. The summed E-state index contributed by atoms with van der Waals surface area (Å²) in [5.74, 6) is 5.20. The van der Waals surface area contributed by atoms with Crippen molar-refractivity contribution in [1.29, 1.82) is 5.26 Å². The number of hydrogen-bond acceptors (Lipinski definition) is 3. The summed E-state index contributed by atoms with van der Waals surface area (Å²) in [5, 5.41) is 8.97. The lowest BCUT2D eigenvalue weighted by Crippen LogP contribution is -2.07. The fourth-order valence-corrected chi connectivity index (χ4v) is 1.06. The van der Waals surface area contributed by atoms with Gasteiger partial charge in [0, 0.05) is 0 Å². The third kappa shape index (κ3) is 1.88. The topological polar surface area (TPSA) is 61.8 Å². The third-order valence-electron chi connectivity index (χ3n) is 1.47. The minimum absolute atomic E-state index is 0.367. The molecule has 0 aliphatic rings. The summed E-state index contributed by atoms with van der Waals surface area (Å²) in [7, 11) is 0. The van der Waals surface area contributed by atoms with E-state index in [0.717, 1.165) is 5.56 Å². The van der Waals surface area contributed by atoms with E-state index in [1.807, 2.05) is 6.07 Å². The lowest BCUT2D eigenvalue weighted by Gasteiger charge is -2.03. The van der Waals surface area contributed by atoms with Gasteiger partial charge in [-0.15, -0.1) is 0 Å². The molecular weight excluding hydrogens is 174 g/mol. The van der Waals surface area contributed by atoms with Crippen molar-refractivity contribution in [2.45, 2.75) is 6.42 Å². The second-order valence-electron chi connectivity index (χ2n) is 2.29. The van der Waals surface area contributed by atoms with Crippen LogP contribution in [0.2, 0.25) is 5.02 Å². The number of anilines is 1. The Labute approximate surface area is 75.7 Å². The van der Waals surface area contributed by atoms with Crippen molar-refractivity contribution < 1.29 is 0 Å². The molecule has 0 radical (unpaired) electrons. The Morgan fingerprint density at radius 1 is 1.58 bits per heavy atom. The van der Waals surface area contributed by atoms with Gasteiger partial charge in [-0.25, -0.2) is 0 Å². The molecule has 0 amide bonds. The Kier molecular flexibility index (Phi) is 2.92. The lowest BCUT2D eigenvalue weighted by molar-refractivity contribution is 1.25. The molecule has 0 aromatic heterocycles. The highest BCUT2D eigenvalue weighted by atomic mass is 35.5. The average Bonchev–Trinajstić information content (AvgIpc) is 2.09. The van der Waals surface area contributed by atoms with Crippen LogP contribution in [0.25, 0.3) is 0 Å². The Bertz CT molecular complexity index is 317. The molecule has 1 rings (SSSR count). The molecule has 3 nitrogen and oxygen atoms in total. The zero-order valence-electron chi connectivity index (χ0n) is 6.34. The molecule has 0 aliphatic carbocycles. The third-order valence-corrected chi connectivity index (χ3v) is 1.80. The Morgan fingerprint density at radius 3 is 2.92 bits per heavy atom. The number of hydrazine groups is 1. The maximum Gasteiger partial charge on any atom is 0.0675 e. The van der Waals surface area contributed by atoms with Crippen molar-refractivity contribution in [3.05, 3.63) is 28.8 Å². The van der Waals surface area contributed by atoms with Crippen molar-refractivity contribution >= 4 is 17.3 Å². The van der Waals surface area contributed by atoms with Gasteiger partial charge in [0.2, 0.25) is 0 Å². The van der Waals surface area contributed by atoms with E-state index in [4.69, 9.17) is 22.7 Å². The maximum atomic E-state index is 8.42. The van der Waals surface area contributed by atoms with E-state index in [2.05, 4.69) is 5.43 Å². The molecule has 0 atom stereocenters. The van der Waals surface area contributed by atoms with Crippen LogP contribution in [-0.4, -0.2) is 0 Å². The van der Waals surface area contributed by atoms with E-state index < -0.39 is 0 Å². The van der Waals surface area contributed by atoms with Crippen LogP contribution in [0, 0.1) is 11.3 Å². The Balaban J connectivity index is 2.98. The first-order valence-corrected chi connectivity index (χ1v) is 3.77. The molecule has 0 bridgehead atoms. The molecule has 0 unspecified atom stereocenters. The number of halogens is 1. The van der Waals surface area contributed by atoms with Gasteiger partial charge >= 0.3 is 0 Å². The van der Waals surface area contributed by atoms with Gasteiger partial charge in [-0.2, -0.15) is 5.26 Å². The molecule has 4 heteroatoms. The van der Waals surface area contributed by atoms with Crippen LogP contribution in [0.15, 0.2) is 18.2 Å². The summed E-state index contributed by atoms with van der Waals surface area (Å²) >= 11 is 5.77. The van der Waals surface area contributed by atoms with Gasteiger partial charge in [0.15, 0.2) is 0 Å². The van der Waals surface area contributed by atoms with Gasteiger partial charge in [-0.1, -0.05) is 17.7 Å². The highest BCUT2D eigenvalue weighted by Gasteiger charge is 1.99. The number of nitrogens with two attached hydrogens (primary N) is 1. The van der Waals surface area contributed by atoms with Gasteiger partial charge in [-0.3, -0.25) is 5.84 Å². The molecule has 3 N–H and O–H groups in total. The fourth-order valence-electron chi connectivity index (χ4n) is 0.884. The van der Waals surface area contributed by atoms with Crippen LogP contribution in [-0.2, 0) is 6.42 Å². The van der Waals surface area contributed by atoms with Crippen LogP contribution < -0.4 is 11.3 Å². The maximum absolute atomic E-state index is 8.42. The minimum Gasteiger partial charge on any atom is -0.323 e. The second-order valence-corrected chi connectivity index (χ2v) is 2.70. The standard InChI is InChI=1S/C8H8ClN3/c9-7-2-1-6(3-4-10)5-8(7)12-11/h1-2,5,12H,3,11H2. The summed E-state index contributed by atoms with van der Waals surface area (Å²) in [6, 6.07) is 7.31. The first-order chi connectivity index (χ1) is 5.77. The molecule has 12 heavy (non-hydrogen) atoms. The van der Waals surface area contributed by atoms with E-state index in [1.165, 1.54) is 0 Å². The number of rotatable bonds is 2. The number of nitrogens with one attached hydrogen (secondary N) is 1. The van der Waals surface area contributed by atoms with Crippen LogP contribution in [0.5, 0.6) is 0 Å². The minimum atomic E-state index is 0.367. The summed E-state index contributed by atoms with van der Waals surface area (Å²) < 4.78 is 0.